The van der Waals surface area contributed by atoms with E-state index in [2.05, 4.69) is 81.5 Å². The lowest BCUT2D eigenvalue weighted by molar-refractivity contribution is 0.590. The van der Waals surface area contributed by atoms with Gasteiger partial charge in [-0.15, -0.1) is 11.8 Å². The van der Waals surface area contributed by atoms with Gasteiger partial charge in [-0.2, -0.15) is 0 Å². The predicted octanol–water partition coefficient (Wildman–Crippen LogP) is 5.50. The Morgan fingerprint density at radius 3 is 2.10 bits per heavy atom. The standard InChI is InChI=1S/C19H25NS/c1-15-5-9-17(10-6-15)20-13-14-21-18-11-7-16(8-12-18)19(2,3)4/h5-12,20H,13-14H2,1-4H3. The number of hydrogen-bond donors (Lipinski definition) is 1. The van der Waals surface area contributed by atoms with Crippen LogP contribution in [0.1, 0.15) is 31.9 Å². The fraction of sp³-hybridized carbons (Fsp3) is 0.368. The Morgan fingerprint density at radius 2 is 1.52 bits per heavy atom. The van der Waals surface area contributed by atoms with Crippen molar-refractivity contribution in [2.45, 2.75) is 38.0 Å². The first-order valence-electron chi connectivity index (χ1n) is 7.49. The van der Waals surface area contributed by atoms with Gasteiger partial charge in [0.15, 0.2) is 0 Å². The van der Waals surface area contributed by atoms with E-state index in [1.807, 2.05) is 11.8 Å². The molecule has 0 aliphatic rings. The molecule has 0 radical (unpaired) electrons. The van der Waals surface area contributed by atoms with E-state index in [0.29, 0.717) is 0 Å². The molecule has 21 heavy (non-hydrogen) atoms. The van der Waals surface area contributed by atoms with Crippen molar-refractivity contribution >= 4 is 17.4 Å². The summed E-state index contributed by atoms with van der Waals surface area (Å²) in [6.45, 7) is 9.84. The van der Waals surface area contributed by atoms with Gasteiger partial charge in [0.2, 0.25) is 0 Å². The third-order valence-electron chi connectivity index (χ3n) is 3.47. The molecule has 2 rings (SSSR count). The molecule has 0 heterocycles. The van der Waals surface area contributed by atoms with Gasteiger partial charge in [-0.25, -0.2) is 0 Å². The van der Waals surface area contributed by atoms with Gasteiger partial charge in [-0.3, -0.25) is 0 Å². The minimum Gasteiger partial charge on any atom is -0.384 e. The Bertz CT molecular complexity index is 550. The molecule has 0 unspecified atom stereocenters. The molecule has 0 spiro atoms. The molecule has 0 saturated heterocycles. The Balaban J connectivity index is 1.77. The highest BCUT2D eigenvalue weighted by atomic mass is 32.2. The Morgan fingerprint density at radius 1 is 0.905 bits per heavy atom. The maximum Gasteiger partial charge on any atom is 0.0340 e. The molecule has 0 aliphatic carbocycles. The molecule has 0 atom stereocenters. The van der Waals surface area contributed by atoms with Crippen LogP contribution >= 0.6 is 11.8 Å². The summed E-state index contributed by atoms with van der Waals surface area (Å²) in [5, 5.41) is 3.46. The van der Waals surface area contributed by atoms with Crippen molar-refractivity contribution in [2.24, 2.45) is 0 Å². The van der Waals surface area contributed by atoms with Crippen molar-refractivity contribution in [3.8, 4) is 0 Å². The van der Waals surface area contributed by atoms with Crippen LogP contribution in [0.15, 0.2) is 53.4 Å². The lowest BCUT2D eigenvalue weighted by atomic mass is 9.87. The van der Waals surface area contributed by atoms with Crippen molar-refractivity contribution in [1.82, 2.24) is 0 Å². The largest absolute Gasteiger partial charge is 0.384 e. The van der Waals surface area contributed by atoms with E-state index < -0.39 is 0 Å². The van der Waals surface area contributed by atoms with Crippen LogP contribution in [0.4, 0.5) is 5.69 Å². The van der Waals surface area contributed by atoms with Gasteiger partial charge in [0.05, 0.1) is 0 Å². The minimum atomic E-state index is 0.232. The topological polar surface area (TPSA) is 12.0 Å². The van der Waals surface area contributed by atoms with Gasteiger partial charge in [-0.05, 0) is 42.2 Å². The molecule has 0 aromatic heterocycles. The first-order valence-corrected chi connectivity index (χ1v) is 8.47. The fourth-order valence-electron chi connectivity index (χ4n) is 2.09. The summed E-state index contributed by atoms with van der Waals surface area (Å²) in [7, 11) is 0. The smallest absolute Gasteiger partial charge is 0.0340 e. The van der Waals surface area contributed by atoms with Crippen molar-refractivity contribution < 1.29 is 0 Å². The number of rotatable bonds is 5. The van der Waals surface area contributed by atoms with Crippen LogP contribution in [-0.4, -0.2) is 12.3 Å². The molecule has 0 saturated carbocycles. The SMILES string of the molecule is Cc1ccc(NCCSc2ccc(C(C)(C)C)cc2)cc1. The molecule has 0 fully saturated rings. The van der Waals surface area contributed by atoms with E-state index in [1.54, 1.807) is 0 Å². The lowest BCUT2D eigenvalue weighted by Crippen LogP contribution is -2.10. The Labute approximate surface area is 133 Å². The number of nitrogens with one attached hydrogen (secondary N) is 1. The number of anilines is 1. The monoisotopic (exact) mass is 299 g/mol. The van der Waals surface area contributed by atoms with Crippen molar-refractivity contribution in [3.05, 3.63) is 59.7 Å². The van der Waals surface area contributed by atoms with E-state index in [-0.39, 0.29) is 5.41 Å². The molecule has 2 aromatic carbocycles. The zero-order chi connectivity index (χ0) is 15.3. The zero-order valence-corrected chi connectivity index (χ0v) is 14.3. The molecule has 1 N–H and O–H groups in total. The molecule has 1 nitrogen and oxygen atoms in total. The molecular weight excluding hydrogens is 274 g/mol. The van der Waals surface area contributed by atoms with Crippen LogP contribution in [0, 0.1) is 6.92 Å². The molecule has 2 aromatic rings. The van der Waals surface area contributed by atoms with Crippen LogP contribution in [0.5, 0.6) is 0 Å². The second kappa shape index (κ2) is 7.04. The third-order valence-corrected chi connectivity index (χ3v) is 4.49. The van der Waals surface area contributed by atoms with Crippen molar-refractivity contribution in [3.63, 3.8) is 0 Å². The van der Waals surface area contributed by atoms with E-state index in [4.69, 9.17) is 0 Å². The molecule has 112 valence electrons. The Kier molecular flexibility index (Phi) is 5.35. The number of hydrogen-bond acceptors (Lipinski definition) is 2. The highest BCUT2D eigenvalue weighted by molar-refractivity contribution is 7.99. The maximum absolute atomic E-state index is 3.46. The highest BCUT2D eigenvalue weighted by Gasteiger charge is 2.12. The first-order chi connectivity index (χ1) is 9.95. The summed E-state index contributed by atoms with van der Waals surface area (Å²) >= 11 is 1.90. The van der Waals surface area contributed by atoms with Gasteiger partial charge in [0.25, 0.3) is 0 Å². The van der Waals surface area contributed by atoms with Crippen molar-refractivity contribution in [1.29, 1.82) is 0 Å². The predicted molar refractivity (Wildman–Crippen MR) is 95.5 cm³/mol. The summed E-state index contributed by atoms with van der Waals surface area (Å²) in [6.07, 6.45) is 0. The summed E-state index contributed by atoms with van der Waals surface area (Å²) < 4.78 is 0. The second-order valence-corrected chi connectivity index (χ2v) is 7.58. The number of aryl methyl sites for hydroxylation is 1. The van der Waals surface area contributed by atoms with Crippen LogP contribution < -0.4 is 5.32 Å². The summed E-state index contributed by atoms with van der Waals surface area (Å²) in [6, 6.07) is 17.5. The zero-order valence-electron chi connectivity index (χ0n) is 13.4. The molecular formula is C19H25NS. The van der Waals surface area contributed by atoms with Crippen LogP contribution in [0.2, 0.25) is 0 Å². The van der Waals surface area contributed by atoms with Gasteiger partial charge < -0.3 is 5.32 Å². The third kappa shape index (κ3) is 5.13. The molecule has 0 bridgehead atoms. The summed E-state index contributed by atoms with van der Waals surface area (Å²) in [5.74, 6) is 1.07. The highest BCUT2D eigenvalue weighted by Crippen LogP contribution is 2.25. The van der Waals surface area contributed by atoms with E-state index in [9.17, 15) is 0 Å². The lowest BCUT2D eigenvalue weighted by Gasteiger charge is -2.19. The van der Waals surface area contributed by atoms with Crippen LogP contribution in [-0.2, 0) is 5.41 Å². The number of benzene rings is 2. The van der Waals surface area contributed by atoms with Gasteiger partial charge in [-0.1, -0.05) is 50.6 Å². The quantitative estimate of drug-likeness (QED) is 0.578. The summed E-state index contributed by atoms with van der Waals surface area (Å²) in [5.41, 5.74) is 4.12. The Hall–Kier alpha value is -1.41. The first kappa shape index (κ1) is 16.0. The summed E-state index contributed by atoms with van der Waals surface area (Å²) in [4.78, 5) is 1.34. The van der Waals surface area contributed by atoms with Crippen molar-refractivity contribution in [2.75, 3.05) is 17.6 Å². The molecule has 0 aliphatic heterocycles. The van der Waals surface area contributed by atoms with E-state index >= 15 is 0 Å². The van der Waals surface area contributed by atoms with Crippen LogP contribution in [0.3, 0.4) is 0 Å². The van der Waals surface area contributed by atoms with Gasteiger partial charge >= 0.3 is 0 Å². The average Bonchev–Trinajstić information content (AvgIpc) is 2.45. The van der Waals surface area contributed by atoms with Gasteiger partial charge in [0, 0.05) is 22.9 Å². The second-order valence-electron chi connectivity index (χ2n) is 6.42. The van der Waals surface area contributed by atoms with Gasteiger partial charge in [0.1, 0.15) is 0 Å². The number of thioether (sulfide) groups is 1. The van der Waals surface area contributed by atoms with E-state index in [0.717, 1.165) is 12.3 Å². The molecule has 2 heteroatoms. The molecule has 0 amide bonds. The maximum atomic E-state index is 3.46. The minimum absolute atomic E-state index is 0.232. The average molecular weight is 299 g/mol. The van der Waals surface area contributed by atoms with Crippen LogP contribution in [0.25, 0.3) is 0 Å². The van der Waals surface area contributed by atoms with E-state index in [1.165, 1.54) is 21.7 Å². The normalized spacial score (nSPS) is 11.4. The fourth-order valence-corrected chi connectivity index (χ4v) is 2.86.